The third-order valence-electron chi connectivity index (χ3n) is 4.28. The van der Waals surface area contributed by atoms with E-state index in [-0.39, 0.29) is 11.8 Å². The Morgan fingerprint density at radius 1 is 1.33 bits per heavy atom. The number of hydrogen-bond donors (Lipinski definition) is 2. The van der Waals surface area contributed by atoms with Crippen LogP contribution in [0.15, 0.2) is 0 Å². The van der Waals surface area contributed by atoms with E-state index >= 15 is 0 Å². The molecule has 1 fully saturated rings. The van der Waals surface area contributed by atoms with Gasteiger partial charge in [0.05, 0.1) is 0 Å². The van der Waals surface area contributed by atoms with Gasteiger partial charge < -0.3 is 11.1 Å². The Morgan fingerprint density at radius 2 is 2.00 bits per heavy atom. The molecule has 1 amide bonds. The van der Waals surface area contributed by atoms with Crippen molar-refractivity contribution in [2.24, 2.45) is 23.5 Å². The van der Waals surface area contributed by atoms with Gasteiger partial charge in [-0.05, 0) is 37.6 Å². The Balaban J connectivity index is 2.08. The van der Waals surface area contributed by atoms with Gasteiger partial charge in [0.25, 0.3) is 0 Å². The molecule has 0 aliphatic heterocycles. The standard InChI is InChI=1S/C15H30N2O/c1-12-5-7-14(8-6-12)9-11-17-15(18)13(2)4-3-10-16/h12-14H,3-11,16H2,1-2H3,(H,17,18). The van der Waals surface area contributed by atoms with Crippen molar-refractivity contribution >= 4 is 5.91 Å². The minimum absolute atomic E-state index is 0.111. The van der Waals surface area contributed by atoms with Crippen LogP contribution in [0.3, 0.4) is 0 Å². The summed E-state index contributed by atoms with van der Waals surface area (Å²) in [7, 11) is 0. The Labute approximate surface area is 112 Å². The van der Waals surface area contributed by atoms with Crippen molar-refractivity contribution < 1.29 is 4.79 Å². The highest BCUT2D eigenvalue weighted by Gasteiger charge is 2.18. The number of rotatable bonds is 7. The highest BCUT2D eigenvalue weighted by Crippen LogP contribution is 2.29. The molecule has 0 aromatic rings. The highest BCUT2D eigenvalue weighted by atomic mass is 16.1. The van der Waals surface area contributed by atoms with E-state index in [1.807, 2.05) is 6.92 Å². The van der Waals surface area contributed by atoms with Crippen molar-refractivity contribution in [1.29, 1.82) is 0 Å². The summed E-state index contributed by atoms with van der Waals surface area (Å²) < 4.78 is 0. The summed E-state index contributed by atoms with van der Waals surface area (Å²) in [6.07, 6.45) is 8.43. The summed E-state index contributed by atoms with van der Waals surface area (Å²) in [5, 5.41) is 3.07. The summed E-state index contributed by atoms with van der Waals surface area (Å²) in [4.78, 5) is 11.8. The van der Waals surface area contributed by atoms with Crippen molar-refractivity contribution in [2.45, 2.75) is 58.8 Å². The van der Waals surface area contributed by atoms with Crippen molar-refractivity contribution in [3.05, 3.63) is 0 Å². The highest BCUT2D eigenvalue weighted by molar-refractivity contribution is 5.78. The van der Waals surface area contributed by atoms with E-state index in [1.54, 1.807) is 0 Å². The van der Waals surface area contributed by atoms with E-state index in [2.05, 4.69) is 12.2 Å². The first-order valence-electron chi connectivity index (χ1n) is 7.61. The SMILES string of the molecule is CC1CCC(CCNC(=O)C(C)CCCN)CC1. The number of nitrogens with one attached hydrogen (secondary N) is 1. The van der Waals surface area contributed by atoms with Crippen molar-refractivity contribution in [3.63, 3.8) is 0 Å². The molecule has 0 saturated heterocycles. The van der Waals surface area contributed by atoms with Gasteiger partial charge in [0.15, 0.2) is 0 Å². The Hall–Kier alpha value is -0.570. The van der Waals surface area contributed by atoms with E-state index in [4.69, 9.17) is 5.73 Å². The van der Waals surface area contributed by atoms with E-state index in [0.717, 1.165) is 37.6 Å². The minimum Gasteiger partial charge on any atom is -0.356 e. The molecule has 0 aromatic heterocycles. The van der Waals surface area contributed by atoms with E-state index in [0.29, 0.717) is 6.54 Å². The fourth-order valence-electron chi connectivity index (χ4n) is 2.75. The second kappa shape index (κ2) is 8.52. The maximum atomic E-state index is 11.8. The number of amides is 1. The van der Waals surface area contributed by atoms with Crippen LogP contribution in [0, 0.1) is 17.8 Å². The quantitative estimate of drug-likeness (QED) is 0.734. The van der Waals surface area contributed by atoms with Crippen molar-refractivity contribution in [2.75, 3.05) is 13.1 Å². The maximum Gasteiger partial charge on any atom is 0.222 e. The number of carbonyl (C=O) groups is 1. The van der Waals surface area contributed by atoms with Crippen LogP contribution in [0.2, 0.25) is 0 Å². The van der Waals surface area contributed by atoms with Crippen molar-refractivity contribution in [1.82, 2.24) is 5.32 Å². The summed E-state index contributed by atoms with van der Waals surface area (Å²) in [5.41, 5.74) is 5.45. The van der Waals surface area contributed by atoms with Gasteiger partial charge in [-0.3, -0.25) is 4.79 Å². The molecule has 0 bridgehead atoms. The zero-order chi connectivity index (χ0) is 13.4. The van der Waals surface area contributed by atoms with E-state index in [9.17, 15) is 4.79 Å². The lowest BCUT2D eigenvalue weighted by atomic mass is 9.81. The smallest absolute Gasteiger partial charge is 0.222 e. The molecule has 0 radical (unpaired) electrons. The second-order valence-electron chi connectivity index (χ2n) is 6.04. The lowest BCUT2D eigenvalue weighted by molar-refractivity contribution is -0.124. The van der Waals surface area contributed by atoms with Gasteiger partial charge in [0.1, 0.15) is 0 Å². The first-order chi connectivity index (χ1) is 8.63. The van der Waals surface area contributed by atoms with E-state index < -0.39 is 0 Å². The molecule has 1 atom stereocenters. The Morgan fingerprint density at radius 3 is 2.61 bits per heavy atom. The zero-order valence-electron chi connectivity index (χ0n) is 12.1. The summed E-state index contributed by atoms with van der Waals surface area (Å²) in [6, 6.07) is 0. The first kappa shape index (κ1) is 15.5. The van der Waals surface area contributed by atoms with Crippen LogP contribution in [0.4, 0.5) is 0 Å². The maximum absolute atomic E-state index is 11.8. The molecule has 1 aliphatic rings. The summed E-state index contributed by atoms with van der Waals surface area (Å²) in [6.45, 7) is 5.87. The largest absolute Gasteiger partial charge is 0.356 e. The number of nitrogens with two attached hydrogens (primary N) is 1. The molecule has 3 N–H and O–H groups in total. The van der Waals surface area contributed by atoms with Crippen LogP contribution in [-0.2, 0) is 4.79 Å². The lowest BCUT2D eigenvalue weighted by Crippen LogP contribution is -2.31. The summed E-state index contributed by atoms with van der Waals surface area (Å²) in [5.74, 6) is 2.06. The van der Waals surface area contributed by atoms with Crippen LogP contribution in [0.5, 0.6) is 0 Å². The molecule has 1 unspecified atom stereocenters. The van der Waals surface area contributed by atoms with Gasteiger partial charge >= 0.3 is 0 Å². The predicted molar refractivity (Wildman–Crippen MR) is 76.2 cm³/mol. The van der Waals surface area contributed by atoms with Crippen molar-refractivity contribution in [3.8, 4) is 0 Å². The third-order valence-corrected chi connectivity index (χ3v) is 4.28. The lowest BCUT2D eigenvalue weighted by Gasteiger charge is -2.26. The zero-order valence-corrected chi connectivity index (χ0v) is 12.1. The van der Waals surface area contributed by atoms with Crippen LogP contribution in [0.25, 0.3) is 0 Å². The molecule has 0 aromatic carbocycles. The molecule has 1 rings (SSSR count). The normalized spacial score (nSPS) is 25.7. The third kappa shape index (κ3) is 5.85. The average molecular weight is 254 g/mol. The van der Waals surface area contributed by atoms with Gasteiger partial charge in [0.2, 0.25) is 5.91 Å². The van der Waals surface area contributed by atoms with Crippen LogP contribution in [0.1, 0.15) is 58.8 Å². The Bertz CT molecular complexity index is 235. The average Bonchev–Trinajstić information content (AvgIpc) is 2.38. The first-order valence-corrected chi connectivity index (χ1v) is 7.61. The second-order valence-corrected chi connectivity index (χ2v) is 6.04. The minimum atomic E-state index is 0.111. The fourth-order valence-corrected chi connectivity index (χ4v) is 2.75. The topological polar surface area (TPSA) is 55.1 Å². The van der Waals surface area contributed by atoms with E-state index in [1.165, 1.54) is 25.7 Å². The molecule has 3 heteroatoms. The number of carbonyl (C=O) groups excluding carboxylic acids is 1. The predicted octanol–water partition coefficient (Wildman–Crippen LogP) is 2.69. The molecular formula is C15H30N2O. The molecule has 106 valence electrons. The summed E-state index contributed by atoms with van der Waals surface area (Å²) >= 11 is 0. The molecule has 1 aliphatic carbocycles. The number of hydrogen-bond acceptors (Lipinski definition) is 2. The molecule has 0 heterocycles. The molecule has 3 nitrogen and oxygen atoms in total. The Kier molecular flexibility index (Phi) is 7.33. The van der Waals surface area contributed by atoms with Gasteiger partial charge in [-0.1, -0.05) is 39.5 Å². The van der Waals surface area contributed by atoms with Gasteiger partial charge in [0, 0.05) is 12.5 Å². The van der Waals surface area contributed by atoms with Gasteiger partial charge in [-0.2, -0.15) is 0 Å². The monoisotopic (exact) mass is 254 g/mol. The molecule has 1 saturated carbocycles. The molecule has 0 spiro atoms. The molecule has 18 heavy (non-hydrogen) atoms. The fraction of sp³-hybridized carbons (Fsp3) is 0.933. The molecular weight excluding hydrogens is 224 g/mol. The van der Waals surface area contributed by atoms with Gasteiger partial charge in [-0.25, -0.2) is 0 Å². The van der Waals surface area contributed by atoms with Gasteiger partial charge in [-0.15, -0.1) is 0 Å². The van der Waals surface area contributed by atoms with Crippen LogP contribution >= 0.6 is 0 Å². The van der Waals surface area contributed by atoms with Crippen LogP contribution < -0.4 is 11.1 Å². The van der Waals surface area contributed by atoms with Crippen LogP contribution in [-0.4, -0.2) is 19.0 Å².